The molecule has 0 aliphatic heterocycles. The summed E-state index contributed by atoms with van der Waals surface area (Å²) in [5.41, 5.74) is 0.693. The number of rotatable bonds is 2. The van der Waals surface area contributed by atoms with E-state index in [1.165, 1.54) is 0 Å². The van der Waals surface area contributed by atoms with Crippen LogP contribution in [0.15, 0.2) is 4.79 Å². The van der Waals surface area contributed by atoms with Crippen molar-refractivity contribution in [2.24, 2.45) is 0 Å². The minimum absolute atomic E-state index is 0.0409. The maximum absolute atomic E-state index is 11.1. The Balaban J connectivity index is 3.13. The molecule has 0 saturated carbocycles. The molecule has 0 fully saturated rings. The summed E-state index contributed by atoms with van der Waals surface area (Å²) in [6, 6.07) is 0. The third kappa shape index (κ3) is 1.39. The van der Waals surface area contributed by atoms with Crippen molar-refractivity contribution in [1.29, 1.82) is 0 Å². The van der Waals surface area contributed by atoms with E-state index in [0.717, 1.165) is 0 Å². The molecule has 0 atom stereocenters. The van der Waals surface area contributed by atoms with Gasteiger partial charge in [0.1, 0.15) is 5.69 Å². The van der Waals surface area contributed by atoms with Gasteiger partial charge in [-0.3, -0.25) is 4.79 Å². The van der Waals surface area contributed by atoms with Gasteiger partial charge in [0, 0.05) is 12.1 Å². The normalized spacial score (nSPS) is 10.0. The molecule has 2 N–H and O–H groups in total. The number of ketones is 1. The number of aryl methyl sites for hydroxylation is 1. The molecule has 0 unspecified atom stereocenters. The van der Waals surface area contributed by atoms with Crippen molar-refractivity contribution in [1.82, 2.24) is 9.97 Å². The maximum Gasteiger partial charge on any atom is 0.323 e. The van der Waals surface area contributed by atoms with E-state index < -0.39 is 0 Å². The Labute approximate surface area is 63.6 Å². The third-order valence-electron chi connectivity index (χ3n) is 1.51. The van der Waals surface area contributed by atoms with Crippen molar-refractivity contribution in [3.63, 3.8) is 0 Å². The number of imidazole rings is 1. The Bertz CT molecular complexity index is 321. The van der Waals surface area contributed by atoms with E-state index in [1.54, 1.807) is 13.8 Å². The lowest BCUT2D eigenvalue weighted by Gasteiger charge is -1.91. The largest absolute Gasteiger partial charge is 0.323 e. The van der Waals surface area contributed by atoms with Crippen LogP contribution in [0.1, 0.15) is 29.5 Å². The first-order valence-corrected chi connectivity index (χ1v) is 3.47. The van der Waals surface area contributed by atoms with E-state index in [2.05, 4.69) is 9.97 Å². The highest BCUT2D eigenvalue weighted by Crippen LogP contribution is 2.00. The van der Waals surface area contributed by atoms with Crippen molar-refractivity contribution in [3.8, 4) is 0 Å². The first kappa shape index (κ1) is 7.78. The molecule has 0 amide bonds. The van der Waals surface area contributed by atoms with Crippen LogP contribution in [0.5, 0.6) is 0 Å². The summed E-state index contributed by atoms with van der Waals surface area (Å²) in [6.07, 6.45) is 0.411. The van der Waals surface area contributed by atoms with E-state index in [1.807, 2.05) is 0 Å². The van der Waals surface area contributed by atoms with Gasteiger partial charge >= 0.3 is 5.69 Å². The molecule has 1 aromatic rings. The van der Waals surface area contributed by atoms with Crippen molar-refractivity contribution in [2.45, 2.75) is 20.3 Å². The number of aromatic nitrogens is 2. The SMILES string of the molecule is CCC(=O)c1[nH]c(=O)[nH]c1C. The fourth-order valence-corrected chi connectivity index (χ4v) is 0.927. The van der Waals surface area contributed by atoms with Gasteiger partial charge in [-0.05, 0) is 6.92 Å². The number of carbonyl (C=O) groups excluding carboxylic acids is 1. The van der Waals surface area contributed by atoms with Crippen LogP contribution in [-0.2, 0) is 0 Å². The van der Waals surface area contributed by atoms with Gasteiger partial charge in [0.15, 0.2) is 5.78 Å². The molecular formula is C7H10N2O2. The van der Waals surface area contributed by atoms with Crippen molar-refractivity contribution >= 4 is 5.78 Å². The Morgan fingerprint density at radius 3 is 2.45 bits per heavy atom. The Morgan fingerprint density at radius 1 is 1.45 bits per heavy atom. The van der Waals surface area contributed by atoms with Crippen LogP contribution in [0.3, 0.4) is 0 Å². The first-order chi connectivity index (χ1) is 5.15. The molecule has 1 heterocycles. The third-order valence-corrected chi connectivity index (χ3v) is 1.51. The molecule has 1 aromatic heterocycles. The molecule has 0 radical (unpaired) electrons. The van der Waals surface area contributed by atoms with Crippen molar-refractivity contribution < 1.29 is 4.79 Å². The minimum Gasteiger partial charge on any atom is -0.310 e. The predicted octanol–water partition coefficient (Wildman–Crippen LogP) is 0.604. The van der Waals surface area contributed by atoms with E-state index in [-0.39, 0.29) is 11.5 Å². The maximum atomic E-state index is 11.1. The van der Waals surface area contributed by atoms with Crippen LogP contribution in [0, 0.1) is 6.92 Å². The highest BCUT2D eigenvalue weighted by molar-refractivity contribution is 5.94. The number of carbonyl (C=O) groups is 1. The molecule has 0 aliphatic rings. The van der Waals surface area contributed by atoms with Gasteiger partial charge < -0.3 is 9.97 Å². The number of Topliss-reactive ketones (excluding diaryl/α,β-unsaturated/α-hetero) is 1. The highest BCUT2D eigenvalue weighted by Gasteiger charge is 2.08. The van der Waals surface area contributed by atoms with Gasteiger partial charge in [-0.2, -0.15) is 0 Å². The fourth-order valence-electron chi connectivity index (χ4n) is 0.927. The Hall–Kier alpha value is -1.32. The number of aromatic amines is 2. The molecule has 0 spiro atoms. The Kier molecular flexibility index (Phi) is 1.94. The molecule has 4 heteroatoms. The number of H-pyrrole nitrogens is 2. The van der Waals surface area contributed by atoms with Crippen molar-refractivity contribution in [2.75, 3.05) is 0 Å². The van der Waals surface area contributed by atoms with Crippen LogP contribution in [-0.4, -0.2) is 15.8 Å². The molecular weight excluding hydrogens is 144 g/mol. The van der Waals surface area contributed by atoms with Crippen LogP contribution in [0.25, 0.3) is 0 Å². The monoisotopic (exact) mass is 154 g/mol. The van der Waals surface area contributed by atoms with Gasteiger partial charge in [-0.25, -0.2) is 4.79 Å². The van der Waals surface area contributed by atoms with Gasteiger partial charge in [-0.1, -0.05) is 6.92 Å². The van der Waals surface area contributed by atoms with Gasteiger partial charge in [0.05, 0.1) is 0 Å². The molecule has 0 saturated heterocycles. The topological polar surface area (TPSA) is 65.7 Å². The molecule has 11 heavy (non-hydrogen) atoms. The number of hydrogen-bond acceptors (Lipinski definition) is 2. The van der Waals surface area contributed by atoms with Gasteiger partial charge in [0.2, 0.25) is 0 Å². The number of nitrogens with one attached hydrogen (secondary N) is 2. The Morgan fingerprint density at radius 2 is 2.09 bits per heavy atom. The lowest BCUT2D eigenvalue weighted by atomic mass is 10.2. The van der Waals surface area contributed by atoms with E-state index in [9.17, 15) is 9.59 Å². The highest BCUT2D eigenvalue weighted by atomic mass is 16.1. The quantitative estimate of drug-likeness (QED) is 0.613. The standard InChI is InChI=1S/C7H10N2O2/c1-3-5(10)6-4(2)8-7(11)9-6/h3H2,1-2H3,(H2,8,9,11). The number of hydrogen-bond donors (Lipinski definition) is 2. The van der Waals surface area contributed by atoms with Gasteiger partial charge in [0.25, 0.3) is 0 Å². The first-order valence-electron chi connectivity index (χ1n) is 3.47. The van der Waals surface area contributed by atoms with Crippen LogP contribution < -0.4 is 5.69 Å². The smallest absolute Gasteiger partial charge is 0.310 e. The predicted molar refractivity (Wildman–Crippen MR) is 40.8 cm³/mol. The summed E-state index contributed by atoms with van der Waals surface area (Å²) in [5, 5.41) is 0. The summed E-state index contributed by atoms with van der Waals surface area (Å²) in [6.45, 7) is 3.45. The zero-order chi connectivity index (χ0) is 8.43. The molecule has 60 valence electrons. The zero-order valence-corrected chi connectivity index (χ0v) is 6.52. The summed E-state index contributed by atoms with van der Waals surface area (Å²) in [5.74, 6) is -0.0409. The molecule has 1 rings (SSSR count). The second kappa shape index (κ2) is 2.74. The van der Waals surface area contributed by atoms with Crippen LogP contribution >= 0.6 is 0 Å². The zero-order valence-electron chi connectivity index (χ0n) is 6.52. The summed E-state index contributed by atoms with van der Waals surface area (Å²) >= 11 is 0. The average Bonchev–Trinajstić information content (AvgIpc) is 2.28. The molecule has 0 bridgehead atoms. The summed E-state index contributed by atoms with van der Waals surface area (Å²) in [4.78, 5) is 26.7. The van der Waals surface area contributed by atoms with E-state index in [0.29, 0.717) is 17.8 Å². The minimum atomic E-state index is -0.320. The second-order valence-electron chi connectivity index (χ2n) is 2.36. The van der Waals surface area contributed by atoms with Gasteiger partial charge in [-0.15, -0.1) is 0 Å². The van der Waals surface area contributed by atoms with Crippen molar-refractivity contribution in [3.05, 3.63) is 21.9 Å². The second-order valence-corrected chi connectivity index (χ2v) is 2.36. The van der Waals surface area contributed by atoms with Crippen LogP contribution in [0.4, 0.5) is 0 Å². The lowest BCUT2D eigenvalue weighted by Crippen LogP contribution is -2.04. The summed E-state index contributed by atoms with van der Waals surface area (Å²) < 4.78 is 0. The summed E-state index contributed by atoms with van der Waals surface area (Å²) in [7, 11) is 0. The molecule has 0 aliphatic carbocycles. The molecule has 0 aromatic carbocycles. The average molecular weight is 154 g/mol. The lowest BCUT2D eigenvalue weighted by molar-refractivity contribution is 0.0983. The van der Waals surface area contributed by atoms with E-state index >= 15 is 0 Å². The fraction of sp³-hybridized carbons (Fsp3) is 0.429. The molecule has 4 nitrogen and oxygen atoms in total. The van der Waals surface area contributed by atoms with E-state index in [4.69, 9.17) is 0 Å². The van der Waals surface area contributed by atoms with Crippen LogP contribution in [0.2, 0.25) is 0 Å².